The third kappa shape index (κ3) is 4.10. The molecule has 0 spiro atoms. The lowest BCUT2D eigenvalue weighted by atomic mass is 10.3. The van der Waals surface area contributed by atoms with Crippen molar-refractivity contribution in [1.29, 1.82) is 0 Å². The van der Waals surface area contributed by atoms with Crippen LogP contribution in [0.2, 0.25) is 0 Å². The van der Waals surface area contributed by atoms with E-state index in [4.69, 9.17) is 4.74 Å². The number of methoxy groups -OCH3 is 1. The molecule has 1 amide bonds. The zero-order chi connectivity index (χ0) is 21.1. The molecule has 0 radical (unpaired) electrons. The smallest absolute Gasteiger partial charge is 0.300 e. The molecule has 1 N–H and O–H groups in total. The van der Waals surface area contributed by atoms with Crippen molar-refractivity contribution in [3.63, 3.8) is 0 Å². The number of hydrogen-bond acceptors (Lipinski definition) is 6. The molecule has 0 saturated carbocycles. The first kappa shape index (κ1) is 20.2. The monoisotopic (exact) mass is 485 g/mol. The number of carbonyl (C=O) groups excluding carboxylic acids is 1. The van der Waals surface area contributed by atoms with Gasteiger partial charge in [-0.2, -0.15) is 0 Å². The highest BCUT2D eigenvalue weighted by Crippen LogP contribution is 2.22. The van der Waals surface area contributed by atoms with Crippen molar-refractivity contribution in [2.45, 2.75) is 5.16 Å². The molecule has 0 aliphatic heterocycles. The summed E-state index contributed by atoms with van der Waals surface area (Å²) in [5.74, 6) is 0.524. The fourth-order valence-corrected chi connectivity index (χ4v) is 3.82. The van der Waals surface area contributed by atoms with Crippen LogP contribution in [0.15, 0.2) is 75.3 Å². The van der Waals surface area contributed by atoms with Gasteiger partial charge >= 0.3 is 5.56 Å². The van der Waals surface area contributed by atoms with Gasteiger partial charge in [0.2, 0.25) is 11.6 Å². The number of anilines is 1. The highest BCUT2D eigenvalue weighted by molar-refractivity contribution is 9.10. The number of ether oxygens (including phenoxy) is 1. The Morgan fingerprint density at radius 2 is 1.90 bits per heavy atom. The first-order valence-corrected chi connectivity index (χ1v) is 10.6. The summed E-state index contributed by atoms with van der Waals surface area (Å²) in [4.78, 5) is 25.1. The molecule has 30 heavy (non-hydrogen) atoms. The van der Waals surface area contributed by atoms with E-state index in [1.807, 2.05) is 24.3 Å². The number of nitrogens with one attached hydrogen (secondary N) is 1. The van der Waals surface area contributed by atoms with Crippen molar-refractivity contribution >= 4 is 44.9 Å². The predicted molar refractivity (Wildman–Crippen MR) is 119 cm³/mol. The Bertz CT molecular complexity index is 1270. The molecule has 10 heteroatoms. The molecule has 152 valence electrons. The maximum absolute atomic E-state index is 12.9. The van der Waals surface area contributed by atoms with Gasteiger partial charge in [-0.25, -0.2) is 0 Å². The Balaban J connectivity index is 1.54. The zero-order valence-electron chi connectivity index (χ0n) is 15.8. The second kappa shape index (κ2) is 8.72. The number of thioether (sulfide) groups is 1. The minimum atomic E-state index is -0.333. The molecule has 0 aliphatic carbocycles. The van der Waals surface area contributed by atoms with E-state index in [0.29, 0.717) is 22.3 Å². The summed E-state index contributed by atoms with van der Waals surface area (Å²) in [5, 5.41) is 11.4. The largest absolute Gasteiger partial charge is 0.495 e. The Hall–Kier alpha value is -3.11. The van der Waals surface area contributed by atoms with Crippen LogP contribution < -0.4 is 15.6 Å². The molecule has 2 aromatic carbocycles. The number of aromatic nitrogens is 4. The van der Waals surface area contributed by atoms with Crippen LogP contribution in [0.5, 0.6) is 5.75 Å². The van der Waals surface area contributed by atoms with Crippen molar-refractivity contribution in [1.82, 2.24) is 19.2 Å². The van der Waals surface area contributed by atoms with Crippen LogP contribution in [-0.4, -0.2) is 37.9 Å². The van der Waals surface area contributed by atoms with Crippen LogP contribution in [0.4, 0.5) is 5.69 Å². The van der Waals surface area contributed by atoms with E-state index >= 15 is 0 Å². The molecule has 0 unspecified atom stereocenters. The maximum Gasteiger partial charge on any atom is 0.300 e. The van der Waals surface area contributed by atoms with Crippen LogP contribution in [0.1, 0.15) is 0 Å². The van der Waals surface area contributed by atoms with Crippen molar-refractivity contribution in [2.24, 2.45) is 0 Å². The van der Waals surface area contributed by atoms with E-state index in [0.717, 1.165) is 4.47 Å². The van der Waals surface area contributed by atoms with Crippen molar-refractivity contribution in [2.75, 3.05) is 18.2 Å². The summed E-state index contributed by atoms with van der Waals surface area (Å²) < 4.78 is 9.30. The molecule has 2 heterocycles. The van der Waals surface area contributed by atoms with E-state index in [1.165, 1.54) is 16.3 Å². The molecule has 2 aromatic heterocycles. The van der Waals surface area contributed by atoms with Crippen LogP contribution >= 0.6 is 27.7 Å². The van der Waals surface area contributed by atoms with E-state index in [9.17, 15) is 9.59 Å². The topological polar surface area (TPSA) is 90.5 Å². The van der Waals surface area contributed by atoms with Gasteiger partial charge in [0.15, 0.2) is 5.16 Å². The van der Waals surface area contributed by atoms with Crippen LogP contribution in [0.25, 0.3) is 11.3 Å². The first-order valence-electron chi connectivity index (χ1n) is 8.85. The standard InChI is InChI=1S/C20H16BrN5O3S/c1-29-16-5-3-2-4-15(16)25-10-11-26-18(19(25)28)23-24-20(26)30-12-17(27)22-14-8-6-13(21)7-9-14/h2-11H,12H2,1H3,(H,22,27). The minimum Gasteiger partial charge on any atom is -0.495 e. The number of rotatable bonds is 6. The van der Waals surface area contributed by atoms with Crippen LogP contribution in [-0.2, 0) is 4.79 Å². The van der Waals surface area contributed by atoms with Crippen LogP contribution in [0.3, 0.4) is 0 Å². The SMILES string of the molecule is COc1ccccc1-n1ccn2c(SCC(=O)Nc3ccc(Br)cc3)nnc2c1=O. The summed E-state index contributed by atoms with van der Waals surface area (Å²) in [6.07, 6.45) is 3.32. The lowest BCUT2D eigenvalue weighted by molar-refractivity contribution is -0.113. The number of benzene rings is 2. The lowest BCUT2D eigenvalue weighted by Gasteiger charge is -2.10. The highest BCUT2D eigenvalue weighted by atomic mass is 79.9. The average molecular weight is 486 g/mol. The Morgan fingerprint density at radius 1 is 1.13 bits per heavy atom. The van der Waals surface area contributed by atoms with Gasteiger partial charge in [-0.3, -0.25) is 18.6 Å². The molecular weight excluding hydrogens is 470 g/mol. The van der Waals surface area contributed by atoms with Crippen molar-refractivity contribution in [3.8, 4) is 11.4 Å². The molecule has 0 bridgehead atoms. The number of nitrogens with zero attached hydrogens (tertiary/aromatic N) is 4. The van der Waals surface area contributed by atoms with E-state index in [-0.39, 0.29) is 22.9 Å². The highest BCUT2D eigenvalue weighted by Gasteiger charge is 2.15. The third-order valence-electron chi connectivity index (χ3n) is 4.24. The quantitative estimate of drug-likeness (QED) is 0.421. The number of fused-ring (bicyclic) bond motifs is 1. The fraction of sp³-hybridized carbons (Fsp3) is 0.100. The van der Waals surface area contributed by atoms with Gasteiger partial charge in [0.1, 0.15) is 5.75 Å². The average Bonchev–Trinajstić information content (AvgIpc) is 3.18. The molecule has 4 rings (SSSR count). The summed E-state index contributed by atoms with van der Waals surface area (Å²) in [5.41, 5.74) is 1.15. The summed E-state index contributed by atoms with van der Waals surface area (Å²) in [6.45, 7) is 0. The van der Waals surface area contributed by atoms with Gasteiger partial charge in [-0.1, -0.05) is 39.8 Å². The molecule has 0 saturated heterocycles. The minimum absolute atomic E-state index is 0.131. The summed E-state index contributed by atoms with van der Waals surface area (Å²) >= 11 is 4.56. The molecule has 0 aliphatic rings. The Labute approximate surface area is 184 Å². The predicted octanol–water partition coefficient (Wildman–Crippen LogP) is 3.38. The normalized spacial score (nSPS) is 10.9. The van der Waals surface area contributed by atoms with Crippen molar-refractivity contribution in [3.05, 3.63) is 75.8 Å². The molecule has 8 nitrogen and oxygen atoms in total. The number of hydrogen-bond donors (Lipinski definition) is 1. The summed E-state index contributed by atoms with van der Waals surface area (Å²) in [6, 6.07) is 14.5. The van der Waals surface area contributed by atoms with E-state index < -0.39 is 0 Å². The van der Waals surface area contributed by atoms with Gasteiger partial charge in [0.05, 0.1) is 18.6 Å². The van der Waals surface area contributed by atoms with Gasteiger partial charge in [0, 0.05) is 22.6 Å². The molecular formula is C20H16BrN5O3S. The Morgan fingerprint density at radius 3 is 2.67 bits per heavy atom. The zero-order valence-corrected chi connectivity index (χ0v) is 18.2. The van der Waals surface area contributed by atoms with Gasteiger partial charge in [-0.15, -0.1) is 10.2 Å². The molecule has 0 fully saturated rings. The number of halogens is 1. The van der Waals surface area contributed by atoms with Gasteiger partial charge in [0.25, 0.3) is 0 Å². The molecule has 4 aromatic rings. The Kier molecular flexibility index (Phi) is 5.86. The maximum atomic E-state index is 12.9. The van der Waals surface area contributed by atoms with E-state index in [1.54, 1.807) is 48.2 Å². The molecule has 0 atom stereocenters. The lowest BCUT2D eigenvalue weighted by Crippen LogP contribution is -2.20. The number of carbonyl (C=O) groups is 1. The second-order valence-electron chi connectivity index (χ2n) is 6.17. The fourth-order valence-electron chi connectivity index (χ4n) is 2.84. The summed E-state index contributed by atoms with van der Waals surface area (Å²) in [7, 11) is 1.55. The van der Waals surface area contributed by atoms with Gasteiger partial charge < -0.3 is 10.1 Å². The first-order chi connectivity index (χ1) is 14.6. The van der Waals surface area contributed by atoms with Crippen molar-refractivity contribution < 1.29 is 9.53 Å². The van der Waals surface area contributed by atoms with Gasteiger partial charge in [-0.05, 0) is 36.4 Å². The third-order valence-corrected chi connectivity index (χ3v) is 5.72. The number of amides is 1. The second-order valence-corrected chi connectivity index (χ2v) is 8.02. The number of para-hydroxylation sites is 2. The van der Waals surface area contributed by atoms with Crippen LogP contribution in [0, 0.1) is 0 Å². The van der Waals surface area contributed by atoms with E-state index in [2.05, 4.69) is 31.4 Å².